The summed E-state index contributed by atoms with van der Waals surface area (Å²) in [5.41, 5.74) is 0. The molecule has 0 aliphatic carbocycles. The molecule has 0 aromatic carbocycles. The molecular formula is C36H62O6. The summed E-state index contributed by atoms with van der Waals surface area (Å²) in [4.78, 5) is 23.8. The molecule has 1 aliphatic heterocycles. The average Bonchev–Trinajstić information content (AvgIpc) is 3.74. The monoisotopic (exact) mass is 590 g/mol. The lowest BCUT2D eigenvalue weighted by molar-refractivity contribution is -0.152. The normalized spacial score (nSPS) is 18.2. The Bertz CT molecular complexity index is 758. The molecule has 242 valence electrons. The molecule has 0 bridgehead atoms. The molecule has 0 amide bonds. The molecule has 6 nitrogen and oxygen atoms in total. The molecule has 1 rings (SSSR count). The van der Waals surface area contributed by atoms with E-state index < -0.39 is 6.10 Å². The van der Waals surface area contributed by atoms with Gasteiger partial charge in [-0.2, -0.15) is 0 Å². The number of unbranched alkanes of at least 4 members (excludes halogenated alkanes) is 8. The molecule has 0 radical (unpaired) electrons. The SMILES string of the molecule is CCCCCC1OC1C/C=C\C/C=C\C/C=C\CCCC(=O)OC[C@@H](O)COC(=O)CCCCCCCCC(C)CC. The second-order valence-corrected chi connectivity index (χ2v) is 11.9. The molecule has 1 aliphatic rings. The van der Waals surface area contributed by atoms with Gasteiger partial charge in [0.1, 0.15) is 19.3 Å². The van der Waals surface area contributed by atoms with E-state index in [4.69, 9.17) is 14.2 Å². The number of aliphatic hydroxyl groups is 1. The highest BCUT2D eigenvalue weighted by atomic mass is 16.6. The summed E-state index contributed by atoms with van der Waals surface area (Å²) in [5, 5.41) is 9.95. The highest BCUT2D eigenvalue weighted by Gasteiger charge is 2.36. The van der Waals surface area contributed by atoms with Crippen LogP contribution in [0.1, 0.15) is 143 Å². The van der Waals surface area contributed by atoms with Crippen LogP contribution in [0, 0.1) is 5.92 Å². The van der Waals surface area contributed by atoms with E-state index in [2.05, 4.69) is 57.2 Å². The summed E-state index contributed by atoms with van der Waals surface area (Å²) in [6, 6.07) is 0. The van der Waals surface area contributed by atoms with Gasteiger partial charge in [0.2, 0.25) is 0 Å². The van der Waals surface area contributed by atoms with Crippen LogP contribution < -0.4 is 0 Å². The Morgan fingerprint density at radius 2 is 1.33 bits per heavy atom. The van der Waals surface area contributed by atoms with Crippen LogP contribution in [0.5, 0.6) is 0 Å². The first kappa shape index (κ1) is 38.1. The van der Waals surface area contributed by atoms with Crippen molar-refractivity contribution in [3.63, 3.8) is 0 Å². The van der Waals surface area contributed by atoms with Gasteiger partial charge in [-0.3, -0.25) is 9.59 Å². The standard InChI is InChI=1S/C36H62O6/c1-4-6-19-25-33-34(42-33)26-21-16-11-9-7-8-10-12-17-22-27-35(38)40-29-32(37)30-41-36(39)28-23-18-14-13-15-20-24-31(3)5-2/h7,9-10,12,16,21,31-34,37H,4-6,8,11,13-15,17-20,22-30H2,1-3H3/b9-7-,12-10-,21-16-/t31?,32-,33?,34?/m1/s1. The molecule has 4 atom stereocenters. The third kappa shape index (κ3) is 23.6. The zero-order valence-electron chi connectivity index (χ0n) is 27.1. The lowest BCUT2D eigenvalue weighted by Gasteiger charge is -2.12. The van der Waals surface area contributed by atoms with Crippen molar-refractivity contribution in [2.75, 3.05) is 13.2 Å². The van der Waals surface area contributed by atoms with Crippen molar-refractivity contribution in [2.24, 2.45) is 5.92 Å². The maximum absolute atomic E-state index is 11.9. The number of epoxide rings is 1. The molecule has 1 heterocycles. The van der Waals surface area contributed by atoms with Crippen molar-refractivity contribution in [3.8, 4) is 0 Å². The smallest absolute Gasteiger partial charge is 0.305 e. The third-order valence-electron chi connectivity index (χ3n) is 7.84. The fraction of sp³-hybridized carbons (Fsp3) is 0.778. The minimum atomic E-state index is -0.987. The number of allylic oxidation sites excluding steroid dienone is 5. The summed E-state index contributed by atoms with van der Waals surface area (Å²) in [6.07, 6.45) is 32.3. The topological polar surface area (TPSA) is 85.4 Å². The zero-order chi connectivity index (χ0) is 30.7. The quantitative estimate of drug-likeness (QED) is 0.0424. The average molecular weight is 591 g/mol. The largest absolute Gasteiger partial charge is 0.463 e. The van der Waals surface area contributed by atoms with E-state index in [0.717, 1.165) is 50.9 Å². The van der Waals surface area contributed by atoms with E-state index in [0.29, 0.717) is 31.5 Å². The fourth-order valence-corrected chi connectivity index (χ4v) is 4.73. The predicted molar refractivity (Wildman–Crippen MR) is 172 cm³/mol. The summed E-state index contributed by atoms with van der Waals surface area (Å²) >= 11 is 0. The number of ether oxygens (including phenoxy) is 3. The number of hydrogen-bond acceptors (Lipinski definition) is 6. The first-order valence-corrected chi connectivity index (χ1v) is 17.1. The van der Waals surface area contributed by atoms with Crippen LogP contribution in [0.3, 0.4) is 0 Å². The van der Waals surface area contributed by atoms with Gasteiger partial charge in [-0.1, -0.05) is 121 Å². The molecule has 1 N–H and O–H groups in total. The van der Waals surface area contributed by atoms with Crippen LogP contribution in [0.2, 0.25) is 0 Å². The molecule has 0 saturated carbocycles. The Hall–Kier alpha value is -1.92. The lowest BCUT2D eigenvalue weighted by atomic mass is 10.00. The number of hydrogen-bond donors (Lipinski definition) is 1. The van der Waals surface area contributed by atoms with Gasteiger partial charge in [0, 0.05) is 12.8 Å². The Kier molecular flexibility index (Phi) is 24.2. The molecule has 0 spiro atoms. The summed E-state index contributed by atoms with van der Waals surface area (Å²) in [6.45, 7) is 6.50. The third-order valence-corrected chi connectivity index (χ3v) is 7.84. The van der Waals surface area contributed by atoms with Crippen LogP contribution in [0.15, 0.2) is 36.5 Å². The van der Waals surface area contributed by atoms with E-state index in [9.17, 15) is 14.7 Å². The Morgan fingerprint density at radius 3 is 2.00 bits per heavy atom. The van der Waals surface area contributed by atoms with Crippen LogP contribution in [0.4, 0.5) is 0 Å². The predicted octanol–water partition coefficient (Wildman–Crippen LogP) is 8.96. The molecule has 6 heteroatoms. The Balaban J connectivity index is 1.90. The molecular weight excluding hydrogens is 528 g/mol. The van der Waals surface area contributed by atoms with Crippen LogP contribution in [-0.4, -0.2) is 48.6 Å². The van der Waals surface area contributed by atoms with Crippen molar-refractivity contribution < 1.29 is 28.9 Å². The van der Waals surface area contributed by atoms with Gasteiger partial charge in [-0.15, -0.1) is 0 Å². The lowest BCUT2D eigenvalue weighted by Crippen LogP contribution is -2.25. The second kappa shape index (κ2) is 26.7. The van der Waals surface area contributed by atoms with Gasteiger partial charge in [0.05, 0.1) is 12.2 Å². The molecule has 3 unspecified atom stereocenters. The minimum absolute atomic E-state index is 0.137. The van der Waals surface area contributed by atoms with E-state index >= 15 is 0 Å². The summed E-state index contributed by atoms with van der Waals surface area (Å²) < 4.78 is 15.9. The Morgan fingerprint density at radius 1 is 0.738 bits per heavy atom. The fourth-order valence-electron chi connectivity index (χ4n) is 4.73. The minimum Gasteiger partial charge on any atom is -0.463 e. The number of rotatable bonds is 28. The van der Waals surface area contributed by atoms with E-state index in [1.807, 2.05) is 0 Å². The van der Waals surface area contributed by atoms with Crippen molar-refractivity contribution >= 4 is 11.9 Å². The van der Waals surface area contributed by atoms with Crippen molar-refractivity contribution in [1.29, 1.82) is 0 Å². The van der Waals surface area contributed by atoms with Crippen molar-refractivity contribution in [3.05, 3.63) is 36.5 Å². The van der Waals surface area contributed by atoms with E-state index in [1.165, 1.54) is 57.8 Å². The molecule has 1 fully saturated rings. The summed E-state index contributed by atoms with van der Waals surface area (Å²) in [7, 11) is 0. The van der Waals surface area contributed by atoms with E-state index in [1.54, 1.807) is 0 Å². The van der Waals surface area contributed by atoms with E-state index in [-0.39, 0.29) is 25.2 Å². The Labute approximate surface area is 257 Å². The van der Waals surface area contributed by atoms with Crippen molar-refractivity contribution in [1.82, 2.24) is 0 Å². The van der Waals surface area contributed by atoms with Gasteiger partial charge in [0.15, 0.2) is 0 Å². The van der Waals surface area contributed by atoms with Crippen LogP contribution >= 0.6 is 0 Å². The number of carbonyl (C=O) groups is 2. The highest BCUT2D eigenvalue weighted by molar-refractivity contribution is 5.69. The van der Waals surface area contributed by atoms with Crippen LogP contribution in [-0.2, 0) is 23.8 Å². The maximum atomic E-state index is 11.9. The van der Waals surface area contributed by atoms with Crippen LogP contribution in [0.25, 0.3) is 0 Å². The van der Waals surface area contributed by atoms with Gasteiger partial charge in [-0.25, -0.2) is 0 Å². The molecule has 0 aromatic rings. The second-order valence-electron chi connectivity index (χ2n) is 11.9. The zero-order valence-corrected chi connectivity index (χ0v) is 27.1. The van der Waals surface area contributed by atoms with Crippen molar-refractivity contribution in [2.45, 2.75) is 161 Å². The molecule has 42 heavy (non-hydrogen) atoms. The highest BCUT2D eigenvalue weighted by Crippen LogP contribution is 2.30. The first-order valence-electron chi connectivity index (χ1n) is 17.1. The molecule has 1 saturated heterocycles. The summed E-state index contributed by atoms with van der Waals surface area (Å²) in [5.74, 6) is 0.183. The molecule has 0 aromatic heterocycles. The van der Waals surface area contributed by atoms with Gasteiger partial charge in [0.25, 0.3) is 0 Å². The van der Waals surface area contributed by atoms with Gasteiger partial charge < -0.3 is 19.3 Å². The van der Waals surface area contributed by atoms with Gasteiger partial charge >= 0.3 is 11.9 Å². The number of aliphatic hydroxyl groups excluding tert-OH is 1. The first-order chi connectivity index (χ1) is 20.5. The van der Waals surface area contributed by atoms with Gasteiger partial charge in [-0.05, 0) is 50.9 Å². The maximum Gasteiger partial charge on any atom is 0.305 e. The number of esters is 2. The number of carbonyl (C=O) groups excluding carboxylic acids is 2.